The summed E-state index contributed by atoms with van der Waals surface area (Å²) in [4.78, 5) is 4.43. The molecule has 0 bridgehead atoms. The number of unbranched alkanes of at least 4 members (excludes halogenated alkanes) is 2. The fourth-order valence-electron chi connectivity index (χ4n) is 2.57. The van der Waals surface area contributed by atoms with Crippen molar-refractivity contribution < 1.29 is 13.5 Å². The van der Waals surface area contributed by atoms with Gasteiger partial charge in [0, 0.05) is 29.6 Å². The van der Waals surface area contributed by atoms with Gasteiger partial charge in [0.2, 0.25) is 0 Å². The Bertz CT molecular complexity index is 691. The molecule has 3 nitrogen and oxygen atoms in total. The van der Waals surface area contributed by atoms with E-state index in [2.05, 4.69) is 11.9 Å². The second-order valence-electron chi connectivity index (χ2n) is 6.57. The van der Waals surface area contributed by atoms with Crippen LogP contribution in [0.2, 0.25) is 0 Å². The number of nitrogens with two attached hydrogens (primary N) is 1. The monoisotopic (exact) mass is 348 g/mol. The summed E-state index contributed by atoms with van der Waals surface area (Å²) >= 11 is 0. The van der Waals surface area contributed by atoms with Crippen LogP contribution in [0.4, 0.5) is 14.5 Å². The molecule has 0 fully saturated rings. The van der Waals surface area contributed by atoms with E-state index < -0.39 is 6.11 Å². The molecule has 0 unspecified atom stereocenters. The zero-order valence-electron chi connectivity index (χ0n) is 15.1. The largest absolute Gasteiger partial charge is 0.429 e. The fourth-order valence-corrected chi connectivity index (χ4v) is 2.57. The predicted molar refractivity (Wildman–Crippen MR) is 99.4 cm³/mol. The van der Waals surface area contributed by atoms with Crippen LogP contribution >= 0.6 is 0 Å². The first-order chi connectivity index (χ1) is 11.8. The molecule has 2 rings (SSSR count). The second kappa shape index (κ2) is 8.28. The number of alkyl halides is 2. The minimum absolute atomic E-state index is 0.135. The molecular weight excluding hydrogens is 322 g/mol. The Morgan fingerprint density at radius 1 is 1.32 bits per heavy atom. The minimum Gasteiger partial charge on any atom is -0.429 e. The Balaban J connectivity index is 2.21. The average Bonchev–Trinajstić information content (AvgIpc) is 2.56. The van der Waals surface area contributed by atoms with Crippen LogP contribution in [0.25, 0.3) is 6.08 Å². The molecule has 1 aromatic carbocycles. The van der Waals surface area contributed by atoms with Crippen molar-refractivity contribution >= 4 is 18.0 Å². The molecule has 2 N–H and O–H groups in total. The molecule has 1 aliphatic heterocycles. The summed E-state index contributed by atoms with van der Waals surface area (Å²) in [6.45, 7) is 6.24. The summed E-state index contributed by atoms with van der Waals surface area (Å²) in [6.07, 6.45) is 4.77. The maximum absolute atomic E-state index is 13.3. The van der Waals surface area contributed by atoms with E-state index in [1.807, 2.05) is 13.8 Å². The molecule has 0 saturated carbocycles. The van der Waals surface area contributed by atoms with Crippen molar-refractivity contribution in [3.05, 3.63) is 41.1 Å². The quantitative estimate of drug-likeness (QED) is 0.497. The number of halogens is 2. The van der Waals surface area contributed by atoms with Crippen molar-refractivity contribution in [3.8, 4) is 5.75 Å². The van der Waals surface area contributed by atoms with E-state index in [-0.39, 0.29) is 11.7 Å². The van der Waals surface area contributed by atoms with Gasteiger partial charge in [-0.05, 0) is 42.5 Å². The fraction of sp³-hybridized carbons (Fsp3) is 0.450. The van der Waals surface area contributed by atoms with Crippen LogP contribution < -0.4 is 10.5 Å². The zero-order valence-corrected chi connectivity index (χ0v) is 15.1. The highest BCUT2D eigenvalue weighted by Gasteiger charge is 2.31. The highest BCUT2D eigenvalue weighted by atomic mass is 19.3. The van der Waals surface area contributed by atoms with Gasteiger partial charge in [-0.3, -0.25) is 4.99 Å². The van der Waals surface area contributed by atoms with Crippen molar-refractivity contribution in [2.24, 2.45) is 16.6 Å². The minimum atomic E-state index is -3.28. The summed E-state index contributed by atoms with van der Waals surface area (Å²) < 4.78 is 31.4. The molecule has 25 heavy (non-hydrogen) atoms. The molecule has 0 spiro atoms. The average molecular weight is 348 g/mol. The Kier molecular flexibility index (Phi) is 6.34. The lowest BCUT2D eigenvalue weighted by molar-refractivity contribution is -0.132. The number of allylic oxidation sites excluding steroid dienone is 2. The molecule has 0 aliphatic carbocycles. The number of aliphatic imine (C=N–C) groups is 1. The molecule has 136 valence electrons. The van der Waals surface area contributed by atoms with Crippen molar-refractivity contribution in [1.82, 2.24) is 0 Å². The SMILES string of the molecule is CCCCC/C(C=Nc1ccc2c(c1)OC(F)(F)C=C2)=C(/N)C(C)C. The molecular formula is C20H26F2N2O. The molecule has 1 heterocycles. The third-order valence-electron chi connectivity index (χ3n) is 4.11. The van der Waals surface area contributed by atoms with Gasteiger partial charge in [0.05, 0.1) is 5.69 Å². The van der Waals surface area contributed by atoms with Crippen molar-refractivity contribution in [1.29, 1.82) is 0 Å². The topological polar surface area (TPSA) is 47.6 Å². The Morgan fingerprint density at radius 3 is 2.76 bits per heavy atom. The van der Waals surface area contributed by atoms with Crippen LogP contribution in [0.5, 0.6) is 5.75 Å². The number of benzene rings is 1. The van der Waals surface area contributed by atoms with Gasteiger partial charge in [-0.25, -0.2) is 0 Å². The smallest absolute Gasteiger partial charge is 0.419 e. The van der Waals surface area contributed by atoms with Crippen LogP contribution in [0.3, 0.4) is 0 Å². The van der Waals surface area contributed by atoms with Crippen LogP contribution in [0, 0.1) is 5.92 Å². The number of hydrogen-bond acceptors (Lipinski definition) is 3. The summed E-state index contributed by atoms with van der Waals surface area (Å²) in [5, 5.41) is 0. The summed E-state index contributed by atoms with van der Waals surface area (Å²) in [6, 6.07) is 5.03. The Morgan fingerprint density at radius 2 is 2.08 bits per heavy atom. The Labute approximate surface area is 148 Å². The van der Waals surface area contributed by atoms with Gasteiger partial charge in [0.15, 0.2) is 0 Å². The first-order valence-corrected chi connectivity index (χ1v) is 8.75. The van der Waals surface area contributed by atoms with Gasteiger partial charge in [0.1, 0.15) is 5.75 Å². The standard InChI is InChI=1S/C20H26F2N2O/c1-4-5-6-7-16(19(23)14(2)3)13-24-17-9-8-15-10-11-20(21,22)25-18(15)12-17/h8-14H,4-7,23H2,1-3H3/b19-16-,24-13?. The second-order valence-corrected chi connectivity index (χ2v) is 6.57. The maximum atomic E-state index is 13.3. The van der Waals surface area contributed by atoms with E-state index in [1.165, 1.54) is 12.1 Å². The van der Waals surface area contributed by atoms with Crippen LogP contribution in [0.1, 0.15) is 52.0 Å². The normalized spacial score (nSPS) is 16.7. The van der Waals surface area contributed by atoms with Crippen LogP contribution in [-0.4, -0.2) is 12.3 Å². The van der Waals surface area contributed by atoms with Gasteiger partial charge >= 0.3 is 6.11 Å². The van der Waals surface area contributed by atoms with E-state index in [4.69, 9.17) is 10.5 Å². The van der Waals surface area contributed by atoms with E-state index >= 15 is 0 Å². The molecule has 0 atom stereocenters. The van der Waals surface area contributed by atoms with Gasteiger partial charge in [0.25, 0.3) is 0 Å². The summed E-state index contributed by atoms with van der Waals surface area (Å²) in [7, 11) is 0. The number of ether oxygens (including phenoxy) is 1. The summed E-state index contributed by atoms with van der Waals surface area (Å²) in [5.74, 6) is 0.370. The molecule has 5 heteroatoms. The van der Waals surface area contributed by atoms with E-state index in [0.29, 0.717) is 11.3 Å². The van der Waals surface area contributed by atoms with Gasteiger partial charge in [-0.15, -0.1) is 0 Å². The highest BCUT2D eigenvalue weighted by Crippen LogP contribution is 2.35. The van der Waals surface area contributed by atoms with E-state index in [9.17, 15) is 8.78 Å². The van der Waals surface area contributed by atoms with Gasteiger partial charge in [-0.1, -0.05) is 33.6 Å². The Hall–Kier alpha value is -2.17. The van der Waals surface area contributed by atoms with Gasteiger partial charge < -0.3 is 10.5 Å². The molecule has 0 radical (unpaired) electrons. The lowest BCUT2D eigenvalue weighted by Gasteiger charge is -2.20. The first kappa shape index (κ1) is 19.2. The third-order valence-corrected chi connectivity index (χ3v) is 4.11. The van der Waals surface area contributed by atoms with Crippen molar-refractivity contribution in [3.63, 3.8) is 0 Å². The first-order valence-electron chi connectivity index (χ1n) is 8.75. The number of nitrogens with zero attached hydrogens (tertiary/aromatic N) is 1. The molecule has 1 aromatic rings. The van der Waals surface area contributed by atoms with Crippen LogP contribution in [-0.2, 0) is 0 Å². The van der Waals surface area contributed by atoms with E-state index in [1.54, 1.807) is 18.3 Å². The van der Waals surface area contributed by atoms with E-state index in [0.717, 1.165) is 43.0 Å². The lowest BCUT2D eigenvalue weighted by Crippen LogP contribution is -2.23. The summed E-state index contributed by atoms with van der Waals surface area (Å²) in [5.41, 5.74) is 9.22. The third kappa shape index (κ3) is 5.41. The van der Waals surface area contributed by atoms with Gasteiger partial charge in [-0.2, -0.15) is 8.78 Å². The van der Waals surface area contributed by atoms with Crippen LogP contribution in [0.15, 0.2) is 40.5 Å². The molecule has 0 aromatic heterocycles. The molecule has 0 saturated heterocycles. The van der Waals surface area contributed by atoms with Crippen molar-refractivity contribution in [2.75, 3.05) is 0 Å². The van der Waals surface area contributed by atoms with Crippen molar-refractivity contribution in [2.45, 2.75) is 52.6 Å². The number of hydrogen-bond donors (Lipinski definition) is 1. The zero-order chi connectivity index (χ0) is 18.4. The number of rotatable bonds is 7. The molecule has 0 amide bonds. The number of fused-ring (bicyclic) bond motifs is 1. The predicted octanol–water partition coefficient (Wildman–Crippen LogP) is 5.84. The highest BCUT2D eigenvalue weighted by molar-refractivity contribution is 5.82. The maximum Gasteiger partial charge on any atom is 0.419 e. The molecule has 1 aliphatic rings. The lowest BCUT2D eigenvalue weighted by atomic mass is 10.0.